The van der Waals surface area contributed by atoms with Crippen LogP contribution in [0.4, 0.5) is 28.9 Å². The zero-order valence-electron chi connectivity index (χ0n) is 13.5. The quantitative estimate of drug-likeness (QED) is 0.787. The molecule has 2 aromatic rings. The second-order valence-electron chi connectivity index (χ2n) is 5.23. The van der Waals surface area contributed by atoms with E-state index in [-0.39, 0.29) is 11.4 Å². The molecular weight excluding hydrogens is 356 g/mol. The van der Waals surface area contributed by atoms with Crippen LogP contribution in [0.25, 0.3) is 0 Å². The van der Waals surface area contributed by atoms with E-state index < -0.39 is 41.7 Å². The topological polar surface area (TPSA) is 67.4 Å². The Labute approximate surface area is 146 Å². The van der Waals surface area contributed by atoms with Gasteiger partial charge in [0.1, 0.15) is 11.6 Å². The summed E-state index contributed by atoms with van der Waals surface area (Å²) in [4.78, 5) is 22.8. The Morgan fingerprint density at radius 2 is 1.81 bits per heavy atom. The molecule has 0 aliphatic carbocycles. The van der Waals surface area contributed by atoms with Gasteiger partial charge in [-0.15, -0.1) is 0 Å². The molecule has 0 unspecified atom stereocenters. The van der Waals surface area contributed by atoms with Gasteiger partial charge < -0.3 is 15.4 Å². The summed E-state index contributed by atoms with van der Waals surface area (Å²) in [7, 11) is 0. The van der Waals surface area contributed by atoms with E-state index in [9.17, 15) is 27.2 Å². The molecule has 2 aromatic carbocycles. The number of carbonyl (C=O) groups excluding carboxylic acids is 2. The van der Waals surface area contributed by atoms with E-state index in [0.717, 1.165) is 19.1 Å². The normalized spacial score (nSPS) is 11.0. The van der Waals surface area contributed by atoms with Crippen LogP contribution in [0.5, 0.6) is 5.75 Å². The third-order valence-electron chi connectivity index (χ3n) is 3.09. The van der Waals surface area contributed by atoms with Gasteiger partial charge in [-0.05, 0) is 30.3 Å². The Bertz CT molecular complexity index is 822. The Morgan fingerprint density at radius 1 is 1.08 bits per heavy atom. The molecule has 2 amide bonds. The molecule has 0 spiro atoms. The summed E-state index contributed by atoms with van der Waals surface area (Å²) >= 11 is 0. The summed E-state index contributed by atoms with van der Waals surface area (Å²) in [6.45, 7) is 0.556. The number of hydrogen-bond donors (Lipinski definition) is 2. The largest absolute Gasteiger partial charge is 0.484 e. The molecule has 0 saturated heterocycles. The number of halogens is 4. The first-order valence-electron chi connectivity index (χ1n) is 7.32. The van der Waals surface area contributed by atoms with Crippen LogP contribution in [-0.2, 0) is 15.8 Å². The lowest BCUT2D eigenvalue weighted by Gasteiger charge is -2.15. The second kappa shape index (κ2) is 7.85. The van der Waals surface area contributed by atoms with Gasteiger partial charge in [0, 0.05) is 18.7 Å². The molecular formula is C17H14F4N2O3. The number of rotatable bonds is 5. The molecule has 5 nitrogen and oxygen atoms in total. The molecule has 0 aromatic heterocycles. The van der Waals surface area contributed by atoms with Crippen molar-refractivity contribution >= 4 is 23.2 Å². The lowest BCUT2D eigenvalue weighted by molar-refractivity contribution is -0.137. The van der Waals surface area contributed by atoms with Crippen molar-refractivity contribution in [3.63, 3.8) is 0 Å². The third-order valence-corrected chi connectivity index (χ3v) is 3.09. The molecule has 9 heteroatoms. The molecule has 0 aliphatic heterocycles. The summed E-state index contributed by atoms with van der Waals surface area (Å²) in [5.41, 5.74) is -1.67. The Kier molecular flexibility index (Phi) is 5.81. The molecule has 2 rings (SSSR count). The minimum absolute atomic E-state index is 0.0566. The highest BCUT2D eigenvalue weighted by Gasteiger charge is 2.34. The highest BCUT2D eigenvalue weighted by Crippen LogP contribution is 2.36. The lowest BCUT2D eigenvalue weighted by Crippen LogP contribution is -2.22. The zero-order chi connectivity index (χ0) is 19.3. The maximum Gasteiger partial charge on any atom is 0.418 e. The fourth-order valence-corrected chi connectivity index (χ4v) is 2.06. The minimum atomic E-state index is -4.75. The number of hydrogen-bond acceptors (Lipinski definition) is 3. The van der Waals surface area contributed by atoms with Crippen LogP contribution < -0.4 is 15.4 Å². The number of nitrogens with one attached hydrogen (secondary N) is 2. The molecule has 138 valence electrons. The van der Waals surface area contributed by atoms with Gasteiger partial charge in [-0.2, -0.15) is 13.2 Å². The molecule has 2 N–H and O–H groups in total. The van der Waals surface area contributed by atoms with Crippen molar-refractivity contribution in [2.45, 2.75) is 13.1 Å². The third kappa shape index (κ3) is 5.47. The van der Waals surface area contributed by atoms with Crippen molar-refractivity contribution in [1.82, 2.24) is 0 Å². The van der Waals surface area contributed by atoms with Crippen molar-refractivity contribution < 1.29 is 31.9 Å². The summed E-state index contributed by atoms with van der Waals surface area (Å²) in [5, 5.41) is 4.33. The van der Waals surface area contributed by atoms with Crippen molar-refractivity contribution in [2.24, 2.45) is 0 Å². The van der Waals surface area contributed by atoms with Gasteiger partial charge in [0.2, 0.25) is 5.91 Å². The summed E-state index contributed by atoms with van der Waals surface area (Å²) in [6.07, 6.45) is -4.75. The second-order valence-corrected chi connectivity index (χ2v) is 5.23. The highest BCUT2D eigenvalue weighted by molar-refractivity contribution is 5.94. The standard InChI is InChI=1S/C17H14F4N2O3/c1-10(24)22-12-5-6-15(14(8-12)17(19,20)21)23-16(25)9-26-13-4-2-3-11(18)7-13/h2-8H,9H2,1H3,(H,22,24)(H,23,25). The minimum Gasteiger partial charge on any atom is -0.484 e. The van der Waals surface area contributed by atoms with Crippen LogP contribution in [0, 0.1) is 5.82 Å². The van der Waals surface area contributed by atoms with E-state index in [4.69, 9.17) is 4.74 Å². The van der Waals surface area contributed by atoms with E-state index in [2.05, 4.69) is 10.6 Å². The van der Waals surface area contributed by atoms with Crippen LogP contribution >= 0.6 is 0 Å². The molecule has 0 saturated carbocycles. The van der Waals surface area contributed by atoms with E-state index >= 15 is 0 Å². The molecule has 0 aliphatic rings. The van der Waals surface area contributed by atoms with Gasteiger partial charge in [-0.3, -0.25) is 9.59 Å². The smallest absolute Gasteiger partial charge is 0.418 e. The monoisotopic (exact) mass is 370 g/mol. The maximum absolute atomic E-state index is 13.2. The molecule has 0 heterocycles. The van der Waals surface area contributed by atoms with Crippen LogP contribution in [0.3, 0.4) is 0 Å². The van der Waals surface area contributed by atoms with E-state index in [0.29, 0.717) is 6.07 Å². The molecule has 0 atom stereocenters. The number of alkyl halides is 3. The predicted octanol–water partition coefficient (Wildman–Crippen LogP) is 3.82. The summed E-state index contributed by atoms with van der Waals surface area (Å²) in [6, 6.07) is 7.94. The van der Waals surface area contributed by atoms with E-state index in [1.807, 2.05) is 0 Å². The van der Waals surface area contributed by atoms with Crippen molar-refractivity contribution in [3.8, 4) is 5.75 Å². The Morgan fingerprint density at radius 3 is 2.42 bits per heavy atom. The van der Waals surface area contributed by atoms with Gasteiger partial charge in [0.25, 0.3) is 5.91 Å². The Hall–Kier alpha value is -3.10. The van der Waals surface area contributed by atoms with Gasteiger partial charge in [0.05, 0.1) is 11.3 Å². The number of ether oxygens (including phenoxy) is 1. The van der Waals surface area contributed by atoms with E-state index in [1.54, 1.807) is 0 Å². The average Bonchev–Trinajstić information content (AvgIpc) is 2.53. The van der Waals surface area contributed by atoms with Crippen molar-refractivity contribution in [2.75, 3.05) is 17.2 Å². The SMILES string of the molecule is CC(=O)Nc1ccc(NC(=O)COc2cccc(F)c2)c(C(F)(F)F)c1. The first-order chi connectivity index (χ1) is 12.1. The first-order valence-corrected chi connectivity index (χ1v) is 7.32. The first kappa shape index (κ1) is 19.2. The lowest BCUT2D eigenvalue weighted by atomic mass is 10.1. The van der Waals surface area contributed by atoms with Gasteiger partial charge in [0.15, 0.2) is 6.61 Å². The fraction of sp³-hybridized carbons (Fsp3) is 0.176. The highest BCUT2D eigenvalue weighted by atomic mass is 19.4. The Balaban J connectivity index is 2.11. The van der Waals surface area contributed by atoms with E-state index in [1.165, 1.54) is 24.3 Å². The van der Waals surface area contributed by atoms with Crippen LogP contribution in [0.2, 0.25) is 0 Å². The van der Waals surface area contributed by atoms with Gasteiger partial charge >= 0.3 is 6.18 Å². The summed E-state index contributed by atoms with van der Waals surface area (Å²) < 4.78 is 57.6. The maximum atomic E-state index is 13.2. The molecule has 0 bridgehead atoms. The average molecular weight is 370 g/mol. The number of amides is 2. The zero-order valence-corrected chi connectivity index (χ0v) is 13.5. The number of anilines is 2. The molecule has 0 fully saturated rings. The number of benzene rings is 2. The van der Waals surface area contributed by atoms with Crippen LogP contribution in [0.1, 0.15) is 12.5 Å². The fourth-order valence-electron chi connectivity index (χ4n) is 2.06. The van der Waals surface area contributed by atoms with Crippen LogP contribution in [0.15, 0.2) is 42.5 Å². The van der Waals surface area contributed by atoms with Gasteiger partial charge in [-0.25, -0.2) is 4.39 Å². The van der Waals surface area contributed by atoms with Crippen molar-refractivity contribution in [3.05, 3.63) is 53.8 Å². The molecule has 26 heavy (non-hydrogen) atoms. The van der Waals surface area contributed by atoms with Gasteiger partial charge in [-0.1, -0.05) is 6.07 Å². The van der Waals surface area contributed by atoms with Crippen molar-refractivity contribution in [1.29, 1.82) is 0 Å². The predicted molar refractivity (Wildman–Crippen MR) is 86.3 cm³/mol. The summed E-state index contributed by atoms with van der Waals surface area (Å²) in [5.74, 6) is -1.89. The number of carbonyl (C=O) groups is 2. The molecule has 0 radical (unpaired) electrons. The van der Waals surface area contributed by atoms with Crippen LogP contribution in [-0.4, -0.2) is 18.4 Å².